The SMILES string of the molecule is Cc1ncnn2ccc(C(C)C)c12. The number of aryl methyl sites for hydroxylation is 1. The Bertz CT molecular complexity index is 429. The fraction of sp³-hybridized carbons (Fsp3) is 0.400. The highest BCUT2D eigenvalue weighted by atomic mass is 15.2. The summed E-state index contributed by atoms with van der Waals surface area (Å²) in [6.45, 7) is 6.38. The van der Waals surface area contributed by atoms with Gasteiger partial charge < -0.3 is 0 Å². The van der Waals surface area contributed by atoms with Gasteiger partial charge in [0.15, 0.2) is 0 Å². The lowest BCUT2D eigenvalue weighted by molar-refractivity contribution is 0.852. The maximum atomic E-state index is 4.19. The molecule has 2 aromatic heterocycles. The molecule has 13 heavy (non-hydrogen) atoms. The van der Waals surface area contributed by atoms with Gasteiger partial charge in [-0.1, -0.05) is 13.8 Å². The zero-order valence-corrected chi connectivity index (χ0v) is 8.15. The first-order valence-corrected chi connectivity index (χ1v) is 4.49. The van der Waals surface area contributed by atoms with Crippen LogP contribution in [0.15, 0.2) is 18.6 Å². The summed E-state index contributed by atoms with van der Waals surface area (Å²) in [6, 6.07) is 2.11. The molecule has 0 N–H and O–H groups in total. The Balaban J connectivity index is 2.79. The number of aromatic nitrogens is 3. The van der Waals surface area contributed by atoms with Crippen LogP contribution in [0.5, 0.6) is 0 Å². The number of rotatable bonds is 1. The predicted molar refractivity (Wildman–Crippen MR) is 51.8 cm³/mol. The molecule has 3 nitrogen and oxygen atoms in total. The summed E-state index contributed by atoms with van der Waals surface area (Å²) in [4.78, 5) is 4.19. The molecule has 2 aromatic rings. The lowest BCUT2D eigenvalue weighted by Gasteiger charge is -2.04. The summed E-state index contributed by atoms with van der Waals surface area (Å²) >= 11 is 0. The second kappa shape index (κ2) is 2.83. The molecule has 2 rings (SSSR count). The van der Waals surface area contributed by atoms with Crippen LogP contribution in [0.3, 0.4) is 0 Å². The molecule has 0 saturated carbocycles. The molecule has 68 valence electrons. The van der Waals surface area contributed by atoms with E-state index in [1.165, 1.54) is 5.56 Å². The van der Waals surface area contributed by atoms with Gasteiger partial charge in [-0.15, -0.1) is 0 Å². The van der Waals surface area contributed by atoms with E-state index in [-0.39, 0.29) is 0 Å². The quantitative estimate of drug-likeness (QED) is 0.664. The standard InChI is InChI=1S/C10H13N3/c1-7(2)9-4-5-13-10(9)8(3)11-6-12-13/h4-7H,1-3H3. The number of nitrogens with zero attached hydrogens (tertiary/aromatic N) is 3. The predicted octanol–water partition coefficient (Wildman–Crippen LogP) is 2.16. The molecule has 0 radical (unpaired) electrons. The van der Waals surface area contributed by atoms with Gasteiger partial charge in [0.05, 0.1) is 11.2 Å². The van der Waals surface area contributed by atoms with E-state index in [1.54, 1.807) is 6.33 Å². The van der Waals surface area contributed by atoms with Crippen LogP contribution in [0.25, 0.3) is 5.52 Å². The second-order valence-electron chi connectivity index (χ2n) is 3.56. The second-order valence-corrected chi connectivity index (χ2v) is 3.56. The molecule has 3 heteroatoms. The van der Waals surface area contributed by atoms with E-state index in [9.17, 15) is 0 Å². The van der Waals surface area contributed by atoms with Crippen LogP contribution < -0.4 is 0 Å². The lowest BCUT2D eigenvalue weighted by Crippen LogP contribution is -1.96. The van der Waals surface area contributed by atoms with Gasteiger partial charge in [0.25, 0.3) is 0 Å². The largest absolute Gasteiger partial charge is 0.238 e. The van der Waals surface area contributed by atoms with Crippen LogP contribution >= 0.6 is 0 Å². The first kappa shape index (κ1) is 8.23. The van der Waals surface area contributed by atoms with Crippen molar-refractivity contribution in [2.75, 3.05) is 0 Å². The summed E-state index contributed by atoms with van der Waals surface area (Å²) in [7, 11) is 0. The van der Waals surface area contributed by atoms with E-state index in [1.807, 2.05) is 17.6 Å². The molecule has 0 aliphatic carbocycles. The number of hydrogen-bond donors (Lipinski definition) is 0. The van der Waals surface area contributed by atoms with E-state index in [0.29, 0.717) is 5.92 Å². The maximum Gasteiger partial charge on any atom is 0.136 e. The average Bonchev–Trinajstić information content (AvgIpc) is 2.49. The van der Waals surface area contributed by atoms with Crippen molar-refractivity contribution >= 4 is 5.52 Å². The molecule has 0 bridgehead atoms. The average molecular weight is 175 g/mol. The summed E-state index contributed by atoms with van der Waals surface area (Å²) in [5, 5.41) is 4.15. The molecule has 0 atom stereocenters. The molecule has 0 unspecified atom stereocenters. The van der Waals surface area contributed by atoms with E-state index >= 15 is 0 Å². The van der Waals surface area contributed by atoms with Crippen molar-refractivity contribution < 1.29 is 0 Å². The van der Waals surface area contributed by atoms with Gasteiger partial charge >= 0.3 is 0 Å². The zero-order valence-electron chi connectivity index (χ0n) is 8.15. The van der Waals surface area contributed by atoms with Crippen LogP contribution in [0.2, 0.25) is 0 Å². The topological polar surface area (TPSA) is 30.2 Å². The van der Waals surface area contributed by atoms with Crippen LogP contribution in [0.4, 0.5) is 0 Å². The summed E-state index contributed by atoms with van der Waals surface area (Å²) < 4.78 is 1.89. The van der Waals surface area contributed by atoms with Crippen molar-refractivity contribution in [2.24, 2.45) is 0 Å². The Morgan fingerprint density at radius 1 is 1.38 bits per heavy atom. The molecular weight excluding hydrogens is 162 g/mol. The van der Waals surface area contributed by atoms with Gasteiger partial charge in [-0.25, -0.2) is 9.50 Å². The van der Waals surface area contributed by atoms with E-state index in [2.05, 4.69) is 30.0 Å². The molecular formula is C10H13N3. The Labute approximate surface area is 77.4 Å². The van der Waals surface area contributed by atoms with Crippen LogP contribution in [-0.4, -0.2) is 14.6 Å². The van der Waals surface area contributed by atoms with Gasteiger partial charge in [0.2, 0.25) is 0 Å². The number of hydrogen-bond acceptors (Lipinski definition) is 2. The highest BCUT2D eigenvalue weighted by Gasteiger charge is 2.09. The third-order valence-corrected chi connectivity index (χ3v) is 2.29. The Hall–Kier alpha value is -1.38. The normalized spacial score (nSPS) is 11.4. The monoisotopic (exact) mass is 175 g/mol. The van der Waals surface area contributed by atoms with Crippen molar-refractivity contribution in [1.82, 2.24) is 14.6 Å². The van der Waals surface area contributed by atoms with Crippen LogP contribution in [0.1, 0.15) is 31.0 Å². The zero-order chi connectivity index (χ0) is 9.42. The van der Waals surface area contributed by atoms with Gasteiger partial charge in [-0.05, 0) is 24.5 Å². The van der Waals surface area contributed by atoms with Crippen molar-refractivity contribution in [3.05, 3.63) is 29.8 Å². The molecule has 0 aromatic carbocycles. The van der Waals surface area contributed by atoms with Crippen molar-refractivity contribution in [3.63, 3.8) is 0 Å². The maximum absolute atomic E-state index is 4.19. The molecule has 0 amide bonds. The van der Waals surface area contributed by atoms with E-state index in [4.69, 9.17) is 0 Å². The molecule has 2 heterocycles. The van der Waals surface area contributed by atoms with E-state index in [0.717, 1.165) is 11.2 Å². The van der Waals surface area contributed by atoms with Crippen molar-refractivity contribution in [1.29, 1.82) is 0 Å². The molecule has 0 spiro atoms. The minimum Gasteiger partial charge on any atom is -0.238 e. The van der Waals surface area contributed by atoms with Gasteiger partial charge in [0, 0.05) is 6.20 Å². The van der Waals surface area contributed by atoms with Crippen molar-refractivity contribution in [2.45, 2.75) is 26.7 Å². The van der Waals surface area contributed by atoms with Gasteiger partial charge in [-0.2, -0.15) is 5.10 Å². The van der Waals surface area contributed by atoms with Crippen LogP contribution in [0, 0.1) is 6.92 Å². The summed E-state index contributed by atoms with van der Waals surface area (Å²) in [5.74, 6) is 0.523. The Morgan fingerprint density at radius 2 is 2.15 bits per heavy atom. The lowest BCUT2D eigenvalue weighted by atomic mass is 10.0. The minimum absolute atomic E-state index is 0.523. The van der Waals surface area contributed by atoms with Crippen molar-refractivity contribution in [3.8, 4) is 0 Å². The summed E-state index contributed by atoms with van der Waals surface area (Å²) in [5.41, 5.74) is 3.51. The van der Waals surface area contributed by atoms with Gasteiger partial charge in [0.1, 0.15) is 6.33 Å². The minimum atomic E-state index is 0.523. The fourth-order valence-corrected chi connectivity index (χ4v) is 1.60. The fourth-order valence-electron chi connectivity index (χ4n) is 1.60. The Kier molecular flexibility index (Phi) is 1.79. The van der Waals surface area contributed by atoms with Gasteiger partial charge in [-0.3, -0.25) is 0 Å². The third kappa shape index (κ3) is 1.20. The first-order chi connectivity index (χ1) is 6.20. The third-order valence-electron chi connectivity index (χ3n) is 2.29. The first-order valence-electron chi connectivity index (χ1n) is 4.49. The Morgan fingerprint density at radius 3 is 2.85 bits per heavy atom. The van der Waals surface area contributed by atoms with E-state index < -0.39 is 0 Å². The molecule has 0 aliphatic heterocycles. The summed E-state index contributed by atoms with van der Waals surface area (Å²) in [6.07, 6.45) is 3.58. The molecule has 0 fully saturated rings. The highest BCUT2D eigenvalue weighted by molar-refractivity contribution is 5.59. The number of fused-ring (bicyclic) bond motifs is 1. The van der Waals surface area contributed by atoms with Crippen LogP contribution in [-0.2, 0) is 0 Å². The molecule has 0 saturated heterocycles. The molecule has 0 aliphatic rings. The highest BCUT2D eigenvalue weighted by Crippen LogP contribution is 2.22. The smallest absolute Gasteiger partial charge is 0.136 e.